The molecule has 2 aromatic rings. The summed E-state index contributed by atoms with van der Waals surface area (Å²) in [5.74, 6) is -0.0596. The first-order chi connectivity index (χ1) is 8.76. The maximum atomic E-state index is 11.8. The van der Waals surface area contributed by atoms with E-state index in [9.17, 15) is 4.79 Å². The van der Waals surface area contributed by atoms with Gasteiger partial charge in [0.15, 0.2) is 5.69 Å². The van der Waals surface area contributed by atoms with Crippen LogP contribution >= 0.6 is 0 Å². The van der Waals surface area contributed by atoms with Crippen LogP contribution in [0.3, 0.4) is 0 Å². The molecule has 1 aromatic heterocycles. The highest BCUT2D eigenvalue weighted by molar-refractivity contribution is 6.04. The molecule has 90 valence electrons. The number of aromatic nitrogens is 3. The Hall–Kier alpha value is -2.88. The maximum Gasteiger partial charge on any atom is 0.277 e. The standard InChI is InChI=1S/C11H9N5O2/c1-18-9-4-2-3-7(5-12)10(9)14-11(17)8-6-13-16-15-8/h2-4,6H,1H3,(H,14,17)(H,13,15,16). The fourth-order valence-electron chi connectivity index (χ4n) is 1.41. The summed E-state index contributed by atoms with van der Waals surface area (Å²) in [6.07, 6.45) is 1.29. The molecule has 0 aliphatic carbocycles. The molecule has 0 aliphatic heterocycles. The van der Waals surface area contributed by atoms with Gasteiger partial charge in [-0.05, 0) is 12.1 Å². The van der Waals surface area contributed by atoms with Crippen molar-refractivity contribution in [2.24, 2.45) is 0 Å². The minimum atomic E-state index is -0.468. The van der Waals surface area contributed by atoms with Crippen molar-refractivity contribution >= 4 is 11.6 Å². The fourth-order valence-corrected chi connectivity index (χ4v) is 1.41. The Morgan fingerprint density at radius 1 is 1.56 bits per heavy atom. The van der Waals surface area contributed by atoms with E-state index in [1.165, 1.54) is 13.3 Å². The minimum absolute atomic E-state index is 0.129. The maximum absolute atomic E-state index is 11.8. The smallest absolute Gasteiger partial charge is 0.277 e. The Balaban J connectivity index is 2.34. The van der Waals surface area contributed by atoms with Gasteiger partial charge < -0.3 is 10.1 Å². The van der Waals surface area contributed by atoms with Crippen molar-refractivity contribution in [3.8, 4) is 11.8 Å². The molecule has 1 amide bonds. The number of anilines is 1. The van der Waals surface area contributed by atoms with E-state index in [0.29, 0.717) is 17.0 Å². The minimum Gasteiger partial charge on any atom is -0.495 e. The summed E-state index contributed by atoms with van der Waals surface area (Å²) < 4.78 is 5.10. The summed E-state index contributed by atoms with van der Waals surface area (Å²) >= 11 is 0. The van der Waals surface area contributed by atoms with E-state index < -0.39 is 5.91 Å². The second-order valence-corrected chi connectivity index (χ2v) is 3.30. The van der Waals surface area contributed by atoms with Gasteiger partial charge in [-0.15, -0.1) is 0 Å². The highest BCUT2D eigenvalue weighted by atomic mass is 16.5. The number of nitrogens with one attached hydrogen (secondary N) is 2. The molecule has 2 N–H and O–H groups in total. The number of carbonyl (C=O) groups excluding carboxylic acids is 1. The Labute approximate surface area is 102 Å². The van der Waals surface area contributed by atoms with E-state index in [1.807, 2.05) is 6.07 Å². The van der Waals surface area contributed by atoms with E-state index >= 15 is 0 Å². The Bertz CT molecular complexity index is 600. The zero-order chi connectivity index (χ0) is 13.0. The zero-order valence-electron chi connectivity index (χ0n) is 9.47. The number of nitriles is 1. The number of rotatable bonds is 3. The number of benzene rings is 1. The lowest BCUT2D eigenvalue weighted by Crippen LogP contribution is -2.14. The highest BCUT2D eigenvalue weighted by Gasteiger charge is 2.15. The molecule has 1 heterocycles. The lowest BCUT2D eigenvalue weighted by atomic mass is 10.1. The van der Waals surface area contributed by atoms with E-state index in [1.54, 1.807) is 18.2 Å². The van der Waals surface area contributed by atoms with Gasteiger partial charge in [-0.3, -0.25) is 4.79 Å². The van der Waals surface area contributed by atoms with Gasteiger partial charge in [0.1, 0.15) is 17.5 Å². The summed E-state index contributed by atoms with van der Waals surface area (Å²) in [5, 5.41) is 21.1. The summed E-state index contributed by atoms with van der Waals surface area (Å²) in [6, 6.07) is 6.89. The molecule has 0 unspecified atom stereocenters. The van der Waals surface area contributed by atoms with Gasteiger partial charge in [0.2, 0.25) is 0 Å². The van der Waals surface area contributed by atoms with Gasteiger partial charge >= 0.3 is 0 Å². The summed E-state index contributed by atoms with van der Waals surface area (Å²) in [5.41, 5.74) is 0.756. The zero-order valence-corrected chi connectivity index (χ0v) is 9.47. The van der Waals surface area contributed by atoms with E-state index in [4.69, 9.17) is 10.00 Å². The molecule has 0 radical (unpaired) electrons. The SMILES string of the molecule is COc1cccc(C#N)c1NC(=O)c1cn[nH]n1. The predicted octanol–water partition coefficient (Wildman–Crippen LogP) is 0.937. The van der Waals surface area contributed by atoms with Crippen LogP contribution in [0.4, 0.5) is 5.69 Å². The molecule has 0 saturated carbocycles. The largest absolute Gasteiger partial charge is 0.495 e. The number of nitrogens with zero attached hydrogens (tertiary/aromatic N) is 3. The number of hydrogen-bond acceptors (Lipinski definition) is 5. The van der Waals surface area contributed by atoms with E-state index in [-0.39, 0.29) is 5.69 Å². The Morgan fingerprint density at radius 3 is 3.00 bits per heavy atom. The van der Waals surface area contributed by atoms with Gasteiger partial charge in [0.05, 0.1) is 18.9 Å². The second-order valence-electron chi connectivity index (χ2n) is 3.30. The highest BCUT2D eigenvalue weighted by Crippen LogP contribution is 2.28. The molecule has 7 heteroatoms. The van der Waals surface area contributed by atoms with Crippen LogP contribution in [-0.2, 0) is 0 Å². The van der Waals surface area contributed by atoms with Crippen LogP contribution in [0.25, 0.3) is 0 Å². The third-order valence-electron chi connectivity index (χ3n) is 2.25. The van der Waals surface area contributed by atoms with Gasteiger partial charge in [-0.2, -0.15) is 20.7 Å². The number of amides is 1. The fraction of sp³-hybridized carbons (Fsp3) is 0.0909. The number of carbonyl (C=O) groups is 1. The predicted molar refractivity (Wildman–Crippen MR) is 62.0 cm³/mol. The van der Waals surface area contributed by atoms with Crippen LogP contribution < -0.4 is 10.1 Å². The number of para-hydroxylation sites is 1. The lowest BCUT2D eigenvalue weighted by molar-refractivity contribution is 0.102. The summed E-state index contributed by atoms with van der Waals surface area (Å²) in [4.78, 5) is 11.8. The van der Waals surface area contributed by atoms with Gasteiger partial charge in [-0.1, -0.05) is 6.07 Å². The van der Waals surface area contributed by atoms with Crippen molar-refractivity contribution in [2.45, 2.75) is 0 Å². The first kappa shape index (κ1) is 11.6. The Morgan fingerprint density at radius 2 is 2.39 bits per heavy atom. The summed E-state index contributed by atoms with van der Waals surface area (Å²) in [7, 11) is 1.46. The lowest BCUT2D eigenvalue weighted by Gasteiger charge is -2.10. The number of methoxy groups -OCH3 is 1. The monoisotopic (exact) mass is 243 g/mol. The Kier molecular flexibility index (Phi) is 3.20. The number of H-pyrrole nitrogens is 1. The molecular formula is C11H9N5O2. The van der Waals surface area contributed by atoms with Crippen LogP contribution in [0, 0.1) is 11.3 Å². The third-order valence-corrected chi connectivity index (χ3v) is 2.25. The van der Waals surface area contributed by atoms with Crippen LogP contribution in [0.2, 0.25) is 0 Å². The van der Waals surface area contributed by atoms with Crippen molar-refractivity contribution in [2.75, 3.05) is 12.4 Å². The van der Waals surface area contributed by atoms with Crippen molar-refractivity contribution in [3.05, 3.63) is 35.7 Å². The van der Waals surface area contributed by atoms with E-state index in [2.05, 4.69) is 20.7 Å². The summed E-state index contributed by atoms with van der Waals surface area (Å²) in [6.45, 7) is 0. The molecule has 1 aromatic carbocycles. The quantitative estimate of drug-likeness (QED) is 0.834. The molecular weight excluding hydrogens is 234 g/mol. The third kappa shape index (κ3) is 2.12. The topological polar surface area (TPSA) is 104 Å². The van der Waals surface area contributed by atoms with Crippen LogP contribution in [-0.4, -0.2) is 28.4 Å². The molecule has 0 bridgehead atoms. The molecule has 18 heavy (non-hydrogen) atoms. The molecule has 0 aliphatic rings. The first-order valence-corrected chi connectivity index (χ1v) is 5.00. The van der Waals surface area contributed by atoms with Crippen molar-refractivity contribution in [1.29, 1.82) is 5.26 Å². The van der Waals surface area contributed by atoms with Gasteiger partial charge in [-0.25, -0.2) is 0 Å². The van der Waals surface area contributed by atoms with Crippen LogP contribution in [0.15, 0.2) is 24.4 Å². The van der Waals surface area contributed by atoms with Crippen LogP contribution in [0.1, 0.15) is 16.1 Å². The normalized spacial score (nSPS) is 9.56. The van der Waals surface area contributed by atoms with Crippen molar-refractivity contribution in [3.63, 3.8) is 0 Å². The number of hydrogen-bond donors (Lipinski definition) is 2. The molecule has 0 saturated heterocycles. The second kappa shape index (κ2) is 4.97. The van der Waals surface area contributed by atoms with Gasteiger partial charge in [0, 0.05) is 0 Å². The van der Waals surface area contributed by atoms with Crippen molar-refractivity contribution in [1.82, 2.24) is 15.4 Å². The van der Waals surface area contributed by atoms with E-state index in [0.717, 1.165) is 0 Å². The molecule has 2 rings (SSSR count). The average Bonchev–Trinajstić information content (AvgIpc) is 2.93. The van der Waals surface area contributed by atoms with Crippen molar-refractivity contribution < 1.29 is 9.53 Å². The molecule has 0 atom stereocenters. The van der Waals surface area contributed by atoms with Crippen LogP contribution in [0.5, 0.6) is 5.75 Å². The number of aromatic amines is 1. The molecule has 0 fully saturated rings. The number of ether oxygens (including phenoxy) is 1. The first-order valence-electron chi connectivity index (χ1n) is 5.00. The van der Waals surface area contributed by atoms with Gasteiger partial charge in [0.25, 0.3) is 5.91 Å². The average molecular weight is 243 g/mol. The molecule has 0 spiro atoms. The molecule has 7 nitrogen and oxygen atoms in total.